The molecule has 0 saturated carbocycles. The van der Waals surface area contributed by atoms with Crippen LogP contribution in [0.5, 0.6) is 0 Å². The highest BCUT2D eigenvalue weighted by Gasteiger charge is 2.33. The number of nitrogens with one attached hydrogen (secondary N) is 1. The lowest BCUT2D eigenvalue weighted by atomic mass is 9.96. The Balaban J connectivity index is 1.70. The summed E-state index contributed by atoms with van der Waals surface area (Å²) in [6, 6.07) is 14.7. The Morgan fingerprint density at radius 1 is 1.20 bits per heavy atom. The average Bonchev–Trinajstić information content (AvgIpc) is 3.44. The Kier molecular flexibility index (Phi) is 6.00. The molecule has 2 aromatic heterocycles. The SMILES string of the molecule is CCOC(=O)C1=C(C)N=c2sc(=Cc3cn[nH]c3-c3ccccc3)c(=O)n2[C@@H]1c1ccc(F)cc1. The number of nitrogens with zero attached hydrogens (tertiary/aromatic N) is 3. The number of hydrogen-bond acceptors (Lipinski definition) is 6. The van der Waals surface area contributed by atoms with Crippen molar-refractivity contribution in [3.8, 4) is 11.3 Å². The monoisotopic (exact) mass is 488 g/mol. The number of fused-ring (bicyclic) bond motifs is 1. The third-order valence-electron chi connectivity index (χ3n) is 5.72. The van der Waals surface area contributed by atoms with Crippen LogP contribution < -0.4 is 14.9 Å². The lowest BCUT2D eigenvalue weighted by Crippen LogP contribution is -2.39. The largest absolute Gasteiger partial charge is 0.463 e. The van der Waals surface area contributed by atoms with Crippen LogP contribution in [0.25, 0.3) is 17.3 Å². The second kappa shape index (κ2) is 9.27. The number of ether oxygens (including phenoxy) is 1. The quantitative estimate of drug-likeness (QED) is 0.437. The summed E-state index contributed by atoms with van der Waals surface area (Å²) in [5.41, 5.74) is 3.47. The third kappa shape index (κ3) is 4.15. The van der Waals surface area contributed by atoms with Crippen molar-refractivity contribution in [2.75, 3.05) is 6.61 Å². The molecule has 7 nitrogen and oxygen atoms in total. The molecule has 1 aliphatic rings. The zero-order chi connectivity index (χ0) is 24.5. The summed E-state index contributed by atoms with van der Waals surface area (Å²) < 4.78 is 20.9. The van der Waals surface area contributed by atoms with Crippen LogP contribution in [0.1, 0.15) is 31.0 Å². The maximum absolute atomic E-state index is 13.7. The smallest absolute Gasteiger partial charge is 0.338 e. The second-order valence-corrected chi connectivity index (χ2v) is 8.93. The number of halogens is 1. The summed E-state index contributed by atoms with van der Waals surface area (Å²) in [6.45, 7) is 3.60. The number of allylic oxidation sites excluding steroid dienone is 1. The number of aromatic amines is 1. The van der Waals surface area contributed by atoms with Gasteiger partial charge in [-0.2, -0.15) is 5.10 Å². The van der Waals surface area contributed by atoms with Crippen molar-refractivity contribution < 1.29 is 13.9 Å². The average molecular weight is 489 g/mol. The molecule has 0 aliphatic carbocycles. The fraction of sp³-hybridized carbons (Fsp3) is 0.154. The molecular formula is C26H21FN4O3S. The molecular weight excluding hydrogens is 467 g/mol. The minimum atomic E-state index is -0.786. The van der Waals surface area contributed by atoms with Crippen molar-refractivity contribution in [2.45, 2.75) is 19.9 Å². The highest BCUT2D eigenvalue weighted by Crippen LogP contribution is 2.30. The maximum atomic E-state index is 13.7. The van der Waals surface area contributed by atoms with Gasteiger partial charge in [-0.05, 0) is 37.6 Å². The van der Waals surface area contributed by atoms with Gasteiger partial charge >= 0.3 is 5.97 Å². The summed E-state index contributed by atoms with van der Waals surface area (Å²) in [6.07, 6.45) is 3.42. The number of esters is 1. The first-order valence-electron chi connectivity index (χ1n) is 11.0. The molecule has 0 bridgehead atoms. The molecule has 1 N–H and O–H groups in total. The Bertz CT molecular complexity index is 1620. The van der Waals surface area contributed by atoms with Crippen molar-refractivity contribution in [3.63, 3.8) is 0 Å². The van der Waals surface area contributed by atoms with Crippen LogP contribution in [0.2, 0.25) is 0 Å². The van der Waals surface area contributed by atoms with Crippen LogP contribution in [0.3, 0.4) is 0 Å². The molecule has 176 valence electrons. The summed E-state index contributed by atoms with van der Waals surface area (Å²) >= 11 is 1.22. The third-order valence-corrected chi connectivity index (χ3v) is 6.70. The van der Waals surface area contributed by atoms with Crippen LogP contribution in [-0.4, -0.2) is 27.3 Å². The van der Waals surface area contributed by atoms with Crippen molar-refractivity contribution >= 4 is 23.4 Å². The van der Waals surface area contributed by atoms with Crippen LogP contribution >= 0.6 is 11.3 Å². The number of hydrogen-bond donors (Lipinski definition) is 1. The maximum Gasteiger partial charge on any atom is 0.338 e. The molecule has 1 atom stereocenters. The van der Waals surface area contributed by atoms with Crippen molar-refractivity contribution in [1.29, 1.82) is 0 Å². The zero-order valence-corrected chi connectivity index (χ0v) is 19.8. The van der Waals surface area contributed by atoms with E-state index >= 15 is 0 Å². The van der Waals surface area contributed by atoms with Gasteiger partial charge in [0.1, 0.15) is 5.82 Å². The van der Waals surface area contributed by atoms with Crippen LogP contribution in [0, 0.1) is 5.82 Å². The van der Waals surface area contributed by atoms with E-state index in [0.717, 1.165) is 16.8 Å². The topological polar surface area (TPSA) is 89.3 Å². The molecule has 0 unspecified atom stereocenters. The minimum Gasteiger partial charge on any atom is -0.463 e. The highest BCUT2D eigenvalue weighted by molar-refractivity contribution is 7.07. The first-order valence-corrected chi connectivity index (χ1v) is 11.8. The summed E-state index contributed by atoms with van der Waals surface area (Å²) in [4.78, 5) is 31.6. The van der Waals surface area contributed by atoms with Gasteiger partial charge in [0, 0.05) is 11.1 Å². The number of H-pyrrole nitrogens is 1. The number of carbonyl (C=O) groups excluding carboxylic acids is 1. The van der Waals surface area contributed by atoms with Crippen LogP contribution in [0.4, 0.5) is 4.39 Å². The minimum absolute atomic E-state index is 0.179. The van der Waals surface area contributed by atoms with Gasteiger partial charge in [0.2, 0.25) is 0 Å². The fourth-order valence-corrected chi connectivity index (χ4v) is 5.17. The zero-order valence-electron chi connectivity index (χ0n) is 19.0. The van der Waals surface area contributed by atoms with E-state index in [0.29, 0.717) is 20.6 Å². The molecule has 0 saturated heterocycles. The second-order valence-electron chi connectivity index (χ2n) is 7.92. The molecule has 4 aromatic rings. The van der Waals surface area contributed by atoms with Gasteiger partial charge in [0.25, 0.3) is 5.56 Å². The lowest BCUT2D eigenvalue weighted by molar-refractivity contribution is -0.139. The van der Waals surface area contributed by atoms with Gasteiger partial charge in [-0.3, -0.25) is 14.5 Å². The number of rotatable bonds is 5. The van der Waals surface area contributed by atoms with Gasteiger partial charge in [-0.1, -0.05) is 53.8 Å². The molecule has 0 amide bonds. The van der Waals surface area contributed by atoms with Gasteiger partial charge < -0.3 is 4.74 Å². The summed E-state index contributed by atoms with van der Waals surface area (Å²) in [5, 5.41) is 7.15. The molecule has 2 aromatic carbocycles. The lowest BCUT2D eigenvalue weighted by Gasteiger charge is -2.24. The van der Waals surface area contributed by atoms with Gasteiger partial charge in [-0.25, -0.2) is 14.2 Å². The molecule has 0 radical (unpaired) electrons. The van der Waals surface area contributed by atoms with E-state index in [2.05, 4.69) is 15.2 Å². The van der Waals surface area contributed by atoms with E-state index in [1.165, 1.54) is 28.0 Å². The van der Waals surface area contributed by atoms with Crippen molar-refractivity contribution in [2.24, 2.45) is 4.99 Å². The molecule has 0 spiro atoms. The van der Waals surface area contributed by atoms with Crippen molar-refractivity contribution in [1.82, 2.24) is 14.8 Å². The molecule has 1 aliphatic heterocycles. The van der Waals surface area contributed by atoms with Crippen LogP contribution in [-0.2, 0) is 9.53 Å². The van der Waals surface area contributed by atoms with Crippen molar-refractivity contribution in [3.05, 3.63) is 109 Å². The molecule has 5 rings (SSSR count). The van der Waals surface area contributed by atoms with Gasteiger partial charge in [0.05, 0.1) is 40.3 Å². The van der Waals surface area contributed by atoms with E-state index in [1.807, 2.05) is 30.3 Å². The Labute approximate surface area is 203 Å². The van der Waals surface area contributed by atoms with E-state index in [9.17, 15) is 14.0 Å². The standard InChI is InChI=1S/C26H21FN4O3S/c1-3-34-25(33)21-15(2)29-26-31(23(21)17-9-11-19(27)12-10-17)24(32)20(35-26)13-18-14-28-30-22(18)16-7-5-4-6-8-16/h4-14,23H,3H2,1-2H3,(H,28,30)/t23-/m1/s1. The normalized spacial score (nSPS) is 15.6. The van der Waals surface area contributed by atoms with E-state index in [1.54, 1.807) is 38.3 Å². The summed E-state index contributed by atoms with van der Waals surface area (Å²) in [7, 11) is 0. The first kappa shape index (κ1) is 22.7. The molecule has 3 heterocycles. The van der Waals surface area contributed by atoms with Gasteiger partial charge in [-0.15, -0.1) is 0 Å². The molecule has 0 fully saturated rings. The summed E-state index contributed by atoms with van der Waals surface area (Å²) in [5.74, 6) is -0.966. The molecule has 35 heavy (non-hydrogen) atoms. The fourth-order valence-electron chi connectivity index (χ4n) is 4.13. The number of aromatic nitrogens is 3. The Morgan fingerprint density at radius 3 is 2.66 bits per heavy atom. The Hall–Kier alpha value is -4.11. The first-order chi connectivity index (χ1) is 17.0. The predicted octanol–water partition coefficient (Wildman–Crippen LogP) is 3.33. The van der Waals surface area contributed by atoms with E-state index in [4.69, 9.17) is 4.74 Å². The van der Waals surface area contributed by atoms with Gasteiger partial charge in [0.15, 0.2) is 4.80 Å². The number of benzene rings is 2. The molecule has 9 heteroatoms. The number of thiazole rings is 1. The van der Waals surface area contributed by atoms with Crippen LogP contribution in [0.15, 0.2) is 81.9 Å². The number of carbonyl (C=O) groups is 1. The van der Waals surface area contributed by atoms with E-state index < -0.39 is 17.8 Å². The Morgan fingerprint density at radius 2 is 1.94 bits per heavy atom. The highest BCUT2D eigenvalue weighted by atomic mass is 32.1. The predicted molar refractivity (Wildman–Crippen MR) is 131 cm³/mol. The van der Waals surface area contributed by atoms with E-state index in [-0.39, 0.29) is 17.7 Å².